The van der Waals surface area contributed by atoms with Crippen molar-refractivity contribution in [2.75, 3.05) is 0 Å². The molecule has 0 atom stereocenters. The lowest BCUT2D eigenvalue weighted by Gasteiger charge is -2.04. The number of alkyl halides is 1. The average Bonchev–Trinajstić information content (AvgIpc) is 2.66. The summed E-state index contributed by atoms with van der Waals surface area (Å²) in [5.74, 6) is 0.359. The number of benzene rings is 1. The van der Waals surface area contributed by atoms with Crippen LogP contribution in [0.3, 0.4) is 0 Å². The number of hydrogen-bond donors (Lipinski definition) is 0. The first-order valence-corrected chi connectivity index (χ1v) is 4.94. The van der Waals surface area contributed by atoms with Gasteiger partial charge in [0.05, 0.1) is 28.5 Å². The molecule has 1 aromatic heterocycles. The van der Waals surface area contributed by atoms with E-state index in [9.17, 15) is 0 Å². The summed E-state index contributed by atoms with van der Waals surface area (Å²) >= 11 is 11.7. The summed E-state index contributed by atoms with van der Waals surface area (Å²) in [6, 6.07) is 7.42. The van der Waals surface area contributed by atoms with Crippen molar-refractivity contribution < 1.29 is 0 Å². The summed E-state index contributed by atoms with van der Waals surface area (Å²) < 4.78 is 1.63. The maximum absolute atomic E-state index is 6.01. The van der Waals surface area contributed by atoms with Crippen LogP contribution in [0.1, 0.15) is 5.69 Å². The van der Waals surface area contributed by atoms with Gasteiger partial charge in [0, 0.05) is 0 Å². The van der Waals surface area contributed by atoms with Crippen LogP contribution in [0.25, 0.3) is 5.69 Å². The zero-order valence-electron chi connectivity index (χ0n) is 7.19. The first-order chi connectivity index (χ1) is 6.83. The zero-order chi connectivity index (χ0) is 9.97. The molecule has 1 heterocycles. The minimum absolute atomic E-state index is 0.359. The van der Waals surface area contributed by atoms with Gasteiger partial charge >= 0.3 is 0 Å². The van der Waals surface area contributed by atoms with Crippen LogP contribution in [0.15, 0.2) is 30.5 Å². The van der Waals surface area contributed by atoms with Crippen LogP contribution >= 0.6 is 23.2 Å². The molecule has 0 saturated heterocycles. The Kier molecular flexibility index (Phi) is 2.70. The third kappa shape index (κ3) is 1.61. The molecule has 14 heavy (non-hydrogen) atoms. The van der Waals surface area contributed by atoms with Gasteiger partial charge in [0.2, 0.25) is 0 Å². The van der Waals surface area contributed by atoms with E-state index in [1.54, 1.807) is 16.9 Å². The SMILES string of the molecule is ClCc1cnnn1-c1ccccc1Cl. The quantitative estimate of drug-likeness (QED) is 0.739. The Hall–Kier alpha value is -1.06. The Morgan fingerprint density at radius 1 is 1.29 bits per heavy atom. The fraction of sp³-hybridized carbons (Fsp3) is 0.111. The maximum atomic E-state index is 6.01. The van der Waals surface area contributed by atoms with E-state index in [0.717, 1.165) is 11.4 Å². The molecule has 0 spiro atoms. The molecule has 0 aliphatic rings. The van der Waals surface area contributed by atoms with Crippen LogP contribution in [0.5, 0.6) is 0 Å². The van der Waals surface area contributed by atoms with Crippen LogP contribution in [0.4, 0.5) is 0 Å². The number of halogens is 2. The highest BCUT2D eigenvalue weighted by atomic mass is 35.5. The molecule has 2 rings (SSSR count). The van der Waals surface area contributed by atoms with Crippen LogP contribution in [0.2, 0.25) is 5.02 Å². The molecule has 0 fully saturated rings. The second kappa shape index (κ2) is 3.98. The molecule has 3 nitrogen and oxygen atoms in total. The van der Waals surface area contributed by atoms with Gasteiger partial charge < -0.3 is 0 Å². The third-order valence-corrected chi connectivity index (χ3v) is 2.43. The molecule has 0 bridgehead atoms. The molecule has 0 N–H and O–H groups in total. The number of para-hydroxylation sites is 1. The predicted molar refractivity (Wildman–Crippen MR) is 55.9 cm³/mol. The van der Waals surface area contributed by atoms with Crippen molar-refractivity contribution in [3.05, 3.63) is 41.2 Å². The Bertz CT molecular complexity index is 439. The standard InChI is InChI=1S/C9H7Cl2N3/c10-5-7-6-12-13-14(7)9-4-2-1-3-8(9)11/h1-4,6H,5H2. The lowest BCUT2D eigenvalue weighted by atomic mass is 10.3. The highest BCUT2D eigenvalue weighted by Gasteiger charge is 2.07. The lowest BCUT2D eigenvalue weighted by molar-refractivity contribution is 0.781. The van der Waals surface area contributed by atoms with Gasteiger partial charge in [-0.15, -0.1) is 16.7 Å². The van der Waals surface area contributed by atoms with Crippen molar-refractivity contribution in [3.8, 4) is 5.69 Å². The van der Waals surface area contributed by atoms with Crippen molar-refractivity contribution in [1.82, 2.24) is 15.0 Å². The summed E-state index contributed by atoms with van der Waals surface area (Å²) in [6.07, 6.45) is 1.62. The van der Waals surface area contributed by atoms with Gasteiger partial charge in [-0.05, 0) is 12.1 Å². The molecule has 0 aliphatic carbocycles. The number of aromatic nitrogens is 3. The van der Waals surface area contributed by atoms with Crippen molar-refractivity contribution in [2.45, 2.75) is 5.88 Å². The van der Waals surface area contributed by atoms with Gasteiger partial charge in [-0.2, -0.15) is 0 Å². The summed E-state index contributed by atoms with van der Waals surface area (Å²) in [7, 11) is 0. The largest absolute Gasteiger partial charge is 0.215 e. The number of nitrogens with zero attached hydrogens (tertiary/aromatic N) is 3. The Balaban J connectivity index is 2.54. The zero-order valence-corrected chi connectivity index (χ0v) is 8.70. The average molecular weight is 228 g/mol. The Labute approximate surface area is 91.3 Å². The smallest absolute Gasteiger partial charge is 0.0853 e. The van der Waals surface area contributed by atoms with Crippen LogP contribution < -0.4 is 0 Å². The van der Waals surface area contributed by atoms with E-state index < -0.39 is 0 Å². The molecule has 0 aliphatic heterocycles. The molecule has 0 unspecified atom stereocenters. The normalized spacial score (nSPS) is 10.4. The third-order valence-electron chi connectivity index (χ3n) is 1.84. The van der Waals surface area contributed by atoms with Gasteiger partial charge in [-0.1, -0.05) is 28.9 Å². The van der Waals surface area contributed by atoms with Crippen molar-refractivity contribution in [1.29, 1.82) is 0 Å². The highest BCUT2D eigenvalue weighted by molar-refractivity contribution is 6.32. The number of rotatable bonds is 2. The van der Waals surface area contributed by atoms with Gasteiger partial charge in [0.15, 0.2) is 0 Å². The second-order valence-corrected chi connectivity index (χ2v) is 3.40. The van der Waals surface area contributed by atoms with E-state index in [1.807, 2.05) is 18.2 Å². The van der Waals surface area contributed by atoms with Gasteiger partial charge in [0.1, 0.15) is 0 Å². The van der Waals surface area contributed by atoms with Crippen LogP contribution in [-0.2, 0) is 5.88 Å². The number of hydrogen-bond acceptors (Lipinski definition) is 2. The first-order valence-electron chi connectivity index (χ1n) is 4.03. The Morgan fingerprint density at radius 3 is 2.79 bits per heavy atom. The van der Waals surface area contributed by atoms with E-state index in [0.29, 0.717) is 10.9 Å². The fourth-order valence-corrected chi connectivity index (χ4v) is 1.57. The van der Waals surface area contributed by atoms with Gasteiger partial charge in [0.25, 0.3) is 0 Å². The fourth-order valence-electron chi connectivity index (χ4n) is 1.17. The van der Waals surface area contributed by atoms with E-state index in [1.165, 1.54) is 0 Å². The minimum atomic E-state index is 0.359. The molecule has 0 saturated carbocycles. The lowest BCUT2D eigenvalue weighted by Crippen LogP contribution is -2.01. The summed E-state index contributed by atoms with van der Waals surface area (Å²) in [5.41, 5.74) is 1.61. The molecular weight excluding hydrogens is 221 g/mol. The minimum Gasteiger partial charge on any atom is -0.215 e. The molecule has 1 aromatic carbocycles. The van der Waals surface area contributed by atoms with Crippen LogP contribution in [0, 0.1) is 0 Å². The van der Waals surface area contributed by atoms with E-state index in [-0.39, 0.29) is 0 Å². The summed E-state index contributed by atoms with van der Waals surface area (Å²) in [4.78, 5) is 0. The molecule has 0 amide bonds. The van der Waals surface area contributed by atoms with Crippen molar-refractivity contribution >= 4 is 23.2 Å². The monoisotopic (exact) mass is 227 g/mol. The van der Waals surface area contributed by atoms with Crippen LogP contribution in [-0.4, -0.2) is 15.0 Å². The second-order valence-electron chi connectivity index (χ2n) is 2.72. The predicted octanol–water partition coefficient (Wildman–Crippen LogP) is 2.66. The van der Waals surface area contributed by atoms with Crippen molar-refractivity contribution in [2.24, 2.45) is 0 Å². The molecule has 72 valence electrons. The maximum Gasteiger partial charge on any atom is 0.0853 e. The topological polar surface area (TPSA) is 30.7 Å². The molecule has 2 aromatic rings. The van der Waals surface area contributed by atoms with Gasteiger partial charge in [-0.25, -0.2) is 4.68 Å². The van der Waals surface area contributed by atoms with Crippen molar-refractivity contribution in [3.63, 3.8) is 0 Å². The van der Waals surface area contributed by atoms with Gasteiger partial charge in [-0.3, -0.25) is 0 Å². The Morgan fingerprint density at radius 2 is 2.07 bits per heavy atom. The van der Waals surface area contributed by atoms with E-state index in [4.69, 9.17) is 23.2 Å². The molecular formula is C9H7Cl2N3. The summed E-state index contributed by atoms with van der Waals surface area (Å²) in [6.45, 7) is 0. The van der Waals surface area contributed by atoms with E-state index in [2.05, 4.69) is 10.3 Å². The molecule has 0 radical (unpaired) electrons. The van der Waals surface area contributed by atoms with E-state index >= 15 is 0 Å². The molecule has 5 heteroatoms. The summed E-state index contributed by atoms with van der Waals surface area (Å²) in [5, 5.41) is 8.33. The first kappa shape index (κ1) is 9.49. The highest BCUT2D eigenvalue weighted by Crippen LogP contribution is 2.20.